The van der Waals surface area contributed by atoms with Gasteiger partial charge < -0.3 is 9.47 Å². The van der Waals surface area contributed by atoms with Crippen LogP contribution in [0.15, 0.2) is 37.0 Å². The van der Waals surface area contributed by atoms with Crippen molar-refractivity contribution >= 4 is 6.16 Å². The lowest BCUT2D eigenvalue weighted by Crippen LogP contribution is -2.54. The van der Waals surface area contributed by atoms with Gasteiger partial charge in [-0.25, -0.2) is 4.79 Å². The number of cyclic esters (lactones) is 2. The Morgan fingerprint density at radius 1 is 1.40 bits per heavy atom. The average Bonchev–Trinajstić information content (AvgIpc) is 2.91. The van der Waals surface area contributed by atoms with E-state index in [4.69, 9.17) is 9.47 Å². The third kappa shape index (κ3) is 3.43. The summed E-state index contributed by atoms with van der Waals surface area (Å²) >= 11 is 0. The normalized spacial score (nSPS) is 32.6. The van der Waals surface area contributed by atoms with E-state index in [1.54, 1.807) is 0 Å². The van der Waals surface area contributed by atoms with Crippen LogP contribution in [-0.2, 0) is 9.47 Å². The summed E-state index contributed by atoms with van der Waals surface area (Å²) in [7, 11) is 0. The smallest absolute Gasteiger partial charge is 0.423 e. The standard InChI is InChI=1S/C22H34O3/c1-7-10-16-22(20(4,5)14-8-2)18(24-19(23)25-22)17-13-11-12-15-21(17,6)9-3/h8-9,13,18H,2-3,7,10-12,14-16H2,1,4-6H3/t18-,21+,22-/m1/s1. The molecule has 0 radical (unpaired) electrons. The van der Waals surface area contributed by atoms with Crippen molar-refractivity contribution in [3.63, 3.8) is 0 Å². The first kappa shape index (κ1) is 19.8. The lowest BCUT2D eigenvalue weighted by atomic mass is 9.61. The fourth-order valence-corrected chi connectivity index (χ4v) is 4.45. The Kier molecular flexibility index (Phi) is 5.86. The number of allylic oxidation sites excluding steroid dienone is 3. The second kappa shape index (κ2) is 7.39. The molecule has 140 valence electrons. The molecule has 25 heavy (non-hydrogen) atoms. The minimum atomic E-state index is -0.665. The average molecular weight is 347 g/mol. The van der Waals surface area contributed by atoms with Gasteiger partial charge in [0.1, 0.15) is 0 Å². The number of unbranched alkanes of at least 4 members (excludes halogenated alkanes) is 1. The van der Waals surface area contributed by atoms with E-state index in [0.717, 1.165) is 50.5 Å². The van der Waals surface area contributed by atoms with Gasteiger partial charge in [0, 0.05) is 10.8 Å². The number of hydrogen-bond donors (Lipinski definition) is 0. The molecule has 1 aliphatic heterocycles. The lowest BCUT2D eigenvalue weighted by molar-refractivity contribution is -0.0723. The van der Waals surface area contributed by atoms with Crippen molar-refractivity contribution in [2.75, 3.05) is 0 Å². The Morgan fingerprint density at radius 3 is 2.72 bits per heavy atom. The quantitative estimate of drug-likeness (QED) is 0.379. The molecule has 1 fully saturated rings. The number of carbonyl (C=O) groups is 1. The molecule has 3 heteroatoms. The highest BCUT2D eigenvalue weighted by molar-refractivity contribution is 5.65. The van der Waals surface area contributed by atoms with Crippen LogP contribution in [0.25, 0.3) is 0 Å². The first-order valence-corrected chi connectivity index (χ1v) is 9.61. The summed E-state index contributed by atoms with van der Waals surface area (Å²) < 4.78 is 11.8. The van der Waals surface area contributed by atoms with E-state index < -0.39 is 11.8 Å². The van der Waals surface area contributed by atoms with Crippen LogP contribution in [0.5, 0.6) is 0 Å². The van der Waals surface area contributed by atoms with Crippen molar-refractivity contribution in [3.05, 3.63) is 37.0 Å². The van der Waals surface area contributed by atoms with Gasteiger partial charge in [0.2, 0.25) is 0 Å². The van der Waals surface area contributed by atoms with E-state index in [0.29, 0.717) is 0 Å². The Hall–Kier alpha value is -1.51. The molecule has 0 saturated carbocycles. The summed E-state index contributed by atoms with van der Waals surface area (Å²) in [5.74, 6) is 0. The summed E-state index contributed by atoms with van der Waals surface area (Å²) in [5.41, 5.74) is 0.0782. The second-order valence-corrected chi connectivity index (χ2v) is 8.39. The zero-order chi connectivity index (χ0) is 18.7. The molecular formula is C22H34O3. The molecule has 3 nitrogen and oxygen atoms in total. The lowest BCUT2D eigenvalue weighted by Gasteiger charge is -2.47. The van der Waals surface area contributed by atoms with Gasteiger partial charge in [-0.1, -0.05) is 52.3 Å². The molecule has 2 aliphatic rings. The van der Waals surface area contributed by atoms with Gasteiger partial charge in [0.25, 0.3) is 0 Å². The fraction of sp³-hybridized carbons (Fsp3) is 0.682. The predicted octanol–water partition coefficient (Wildman–Crippen LogP) is 6.36. The highest BCUT2D eigenvalue weighted by Crippen LogP contribution is 2.54. The van der Waals surface area contributed by atoms with E-state index in [1.807, 2.05) is 12.2 Å². The van der Waals surface area contributed by atoms with Crippen molar-refractivity contribution in [2.45, 2.75) is 84.3 Å². The second-order valence-electron chi connectivity index (χ2n) is 8.39. The highest BCUT2D eigenvalue weighted by atomic mass is 16.8. The summed E-state index contributed by atoms with van der Waals surface area (Å²) in [6.45, 7) is 16.7. The van der Waals surface area contributed by atoms with Gasteiger partial charge in [0.15, 0.2) is 11.7 Å². The maximum absolute atomic E-state index is 12.3. The first-order chi connectivity index (χ1) is 11.8. The van der Waals surface area contributed by atoms with E-state index in [-0.39, 0.29) is 16.9 Å². The van der Waals surface area contributed by atoms with E-state index >= 15 is 0 Å². The van der Waals surface area contributed by atoms with Crippen LogP contribution >= 0.6 is 0 Å². The molecule has 2 rings (SSSR count). The molecule has 0 N–H and O–H groups in total. The Bertz CT molecular complexity index is 560. The first-order valence-electron chi connectivity index (χ1n) is 9.61. The predicted molar refractivity (Wildman–Crippen MR) is 102 cm³/mol. The van der Waals surface area contributed by atoms with Gasteiger partial charge in [-0.3, -0.25) is 0 Å². The Morgan fingerprint density at radius 2 is 2.12 bits per heavy atom. The van der Waals surface area contributed by atoms with Crippen LogP contribution in [-0.4, -0.2) is 17.9 Å². The monoisotopic (exact) mass is 346 g/mol. The molecule has 0 spiro atoms. The maximum atomic E-state index is 12.3. The van der Waals surface area contributed by atoms with Gasteiger partial charge in [-0.15, -0.1) is 13.2 Å². The minimum absolute atomic E-state index is 0.154. The fourth-order valence-electron chi connectivity index (χ4n) is 4.45. The van der Waals surface area contributed by atoms with Gasteiger partial charge >= 0.3 is 6.16 Å². The Labute approximate surface area is 153 Å². The van der Waals surface area contributed by atoms with Crippen LogP contribution in [0.4, 0.5) is 4.79 Å². The molecule has 1 aliphatic carbocycles. The van der Waals surface area contributed by atoms with Crippen molar-refractivity contribution in [1.82, 2.24) is 0 Å². The summed E-state index contributed by atoms with van der Waals surface area (Å²) in [6.07, 6.45) is 12.1. The van der Waals surface area contributed by atoms with Crippen LogP contribution in [0, 0.1) is 10.8 Å². The molecule has 1 heterocycles. The Balaban J connectivity index is 2.55. The van der Waals surface area contributed by atoms with Crippen molar-refractivity contribution in [1.29, 1.82) is 0 Å². The summed E-state index contributed by atoms with van der Waals surface area (Å²) in [4.78, 5) is 12.3. The maximum Gasteiger partial charge on any atom is 0.509 e. The SMILES string of the molecule is C=CCC(C)(C)[C@]1(CCCC)OC(=O)O[C@@H]1C1=CCCC[C@]1(C)C=C. The molecule has 1 saturated heterocycles. The zero-order valence-electron chi connectivity index (χ0n) is 16.4. The number of rotatable bonds is 8. The van der Waals surface area contributed by atoms with Crippen LogP contribution < -0.4 is 0 Å². The van der Waals surface area contributed by atoms with Crippen molar-refractivity contribution < 1.29 is 14.3 Å². The van der Waals surface area contributed by atoms with Gasteiger partial charge in [0.05, 0.1) is 0 Å². The molecule has 0 aromatic rings. The van der Waals surface area contributed by atoms with Crippen molar-refractivity contribution in [2.24, 2.45) is 10.8 Å². The molecular weight excluding hydrogens is 312 g/mol. The molecule has 0 aromatic heterocycles. The molecule has 0 aromatic carbocycles. The topological polar surface area (TPSA) is 35.5 Å². The summed E-state index contributed by atoms with van der Waals surface area (Å²) in [6, 6.07) is 0. The third-order valence-electron chi connectivity index (χ3n) is 6.26. The van der Waals surface area contributed by atoms with Crippen LogP contribution in [0.1, 0.15) is 72.6 Å². The third-order valence-corrected chi connectivity index (χ3v) is 6.26. The van der Waals surface area contributed by atoms with Crippen molar-refractivity contribution in [3.8, 4) is 0 Å². The van der Waals surface area contributed by atoms with E-state index in [1.165, 1.54) is 0 Å². The highest BCUT2D eigenvalue weighted by Gasteiger charge is 2.61. The number of carbonyl (C=O) groups excluding carboxylic acids is 1. The molecule has 0 amide bonds. The minimum Gasteiger partial charge on any atom is -0.423 e. The molecule has 0 bridgehead atoms. The summed E-state index contributed by atoms with van der Waals surface area (Å²) in [5, 5.41) is 0. The molecule has 0 unspecified atom stereocenters. The largest absolute Gasteiger partial charge is 0.509 e. The van der Waals surface area contributed by atoms with Crippen LogP contribution in [0.2, 0.25) is 0 Å². The van der Waals surface area contributed by atoms with E-state index in [9.17, 15) is 4.79 Å². The van der Waals surface area contributed by atoms with E-state index in [2.05, 4.69) is 46.9 Å². The van der Waals surface area contributed by atoms with Gasteiger partial charge in [-0.2, -0.15) is 0 Å². The number of ether oxygens (including phenoxy) is 2. The molecule has 3 atom stereocenters. The zero-order valence-corrected chi connectivity index (χ0v) is 16.4. The van der Waals surface area contributed by atoms with Gasteiger partial charge in [-0.05, 0) is 44.1 Å². The number of hydrogen-bond acceptors (Lipinski definition) is 3. The van der Waals surface area contributed by atoms with Crippen LogP contribution in [0.3, 0.4) is 0 Å².